The van der Waals surface area contributed by atoms with Crippen LogP contribution in [-0.2, 0) is 13.0 Å². The van der Waals surface area contributed by atoms with Crippen molar-refractivity contribution in [1.29, 1.82) is 0 Å². The topological polar surface area (TPSA) is 58.9 Å². The van der Waals surface area contributed by atoms with E-state index in [0.29, 0.717) is 18.5 Å². The lowest BCUT2D eigenvalue weighted by atomic mass is 10.1. The number of hydrogen-bond donors (Lipinski definition) is 1. The number of nitrogens with zero attached hydrogens (tertiary/aromatic N) is 5. The van der Waals surface area contributed by atoms with Crippen LogP contribution in [0.2, 0.25) is 0 Å². The maximum atomic E-state index is 13.7. The van der Waals surface area contributed by atoms with E-state index in [-0.39, 0.29) is 17.7 Å². The third-order valence-corrected chi connectivity index (χ3v) is 6.84. The molecule has 1 aliphatic heterocycles. The molecule has 6 nitrogen and oxygen atoms in total. The fourth-order valence-electron chi connectivity index (χ4n) is 5.04. The van der Waals surface area contributed by atoms with Crippen molar-refractivity contribution in [3.63, 3.8) is 0 Å². The summed E-state index contributed by atoms with van der Waals surface area (Å²) in [5.74, 6) is 1.13. The number of halogens is 2. The van der Waals surface area contributed by atoms with Gasteiger partial charge in [0.15, 0.2) is 0 Å². The molecule has 0 radical (unpaired) electrons. The Morgan fingerprint density at radius 2 is 1.83 bits per heavy atom. The van der Waals surface area contributed by atoms with Gasteiger partial charge < -0.3 is 14.8 Å². The highest BCUT2D eigenvalue weighted by molar-refractivity contribution is 5.78. The van der Waals surface area contributed by atoms with Crippen LogP contribution in [0.5, 0.6) is 0 Å². The van der Waals surface area contributed by atoms with Crippen LogP contribution >= 0.6 is 0 Å². The van der Waals surface area contributed by atoms with Gasteiger partial charge in [0.1, 0.15) is 17.5 Å². The van der Waals surface area contributed by atoms with Crippen molar-refractivity contribution < 1.29 is 8.78 Å². The van der Waals surface area contributed by atoms with Crippen molar-refractivity contribution in [2.75, 3.05) is 18.9 Å². The number of fused-ring (bicyclic) bond motifs is 1. The SMILES string of the molecule is CN(Cc1cccc(F)c1)CC1CCc2nc(-c3ccc(F)cc3)c(-c3ccnc(NC4CC4)n3)n21. The Labute approximate surface area is 209 Å². The summed E-state index contributed by atoms with van der Waals surface area (Å²) in [5.41, 5.74) is 4.33. The second kappa shape index (κ2) is 9.43. The van der Waals surface area contributed by atoms with Crippen LogP contribution in [0.3, 0.4) is 0 Å². The maximum absolute atomic E-state index is 13.7. The van der Waals surface area contributed by atoms with Crippen molar-refractivity contribution in [2.24, 2.45) is 0 Å². The quantitative estimate of drug-likeness (QED) is 0.358. The molecule has 1 saturated carbocycles. The molecule has 36 heavy (non-hydrogen) atoms. The van der Waals surface area contributed by atoms with Crippen LogP contribution < -0.4 is 5.32 Å². The Morgan fingerprint density at radius 3 is 2.61 bits per heavy atom. The average molecular weight is 487 g/mol. The first-order valence-electron chi connectivity index (χ1n) is 12.4. The maximum Gasteiger partial charge on any atom is 0.223 e. The lowest BCUT2D eigenvalue weighted by molar-refractivity contribution is 0.273. The molecule has 184 valence electrons. The fourth-order valence-corrected chi connectivity index (χ4v) is 5.04. The highest BCUT2D eigenvalue weighted by Gasteiger charge is 2.32. The number of imidazole rings is 1. The molecule has 2 aromatic heterocycles. The number of anilines is 1. The Hall–Kier alpha value is -3.65. The predicted octanol–water partition coefficient (Wildman–Crippen LogP) is 5.48. The number of aromatic nitrogens is 4. The van der Waals surface area contributed by atoms with Gasteiger partial charge in [0.25, 0.3) is 0 Å². The summed E-state index contributed by atoms with van der Waals surface area (Å²) in [6, 6.07) is 15.8. The monoisotopic (exact) mass is 486 g/mol. The summed E-state index contributed by atoms with van der Waals surface area (Å²) in [4.78, 5) is 16.5. The molecule has 1 fully saturated rings. The molecule has 3 heterocycles. The number of rotatable bonds is 8. The minimum atomic E-state index is -0.276. The molecule has 1 unspecified atom stereocenters. The second-order valence-corrected chi connectivity index (χ2v) is 9.81. The molecule has 1 aliphatic carbocycles. The molecule has 2 aromatic carbocycles. The zero-order valence-electron chi connectivity index (χ0n) is 20.2. The van der Waals surface area contributed by atoms with E-state index in [1.807, 2.05) is 12.1 Å². The molecule has 6 rings (SSSR count). The summed E-state index contributed by atoms with van der Waals surface area (Å²) in [7, 11) is 2.06. The van der Waals surface area contributed by atoms with Crippen molar-refractivity contribution in [2.45, 2.75) is 44.3 Å². The van der Waals surface area contributed by atoms with Crippen LogP contribution in [-0.4, -0.2) is 44.1 Å². The van der Waals surface area contributed by atoms with Gasteiger partial charge in [-0.15, -0.1) is 0 Å². The summed E-state index contributed by atoms with van der Waals surface area (Å²) in [6.07, 6.45) is 5.86. The molecule has 2 aliphatic rings. The van der Waals surface area contributed by atoms with E-state index in [1.54, 1.807) is 30.5 Å². The zero-order chi connectivity index (χ0) is 24.6. The van der Waals surface area contributed by atoms with Gasteiger partial charge in [-0.2, -0.15) is 0 Å². The molecule has 1 atom stereocenters. The smallest absolute Gasteiger partial charge is 0.223 e. The van der Waals surface area contributed by atoms with Crippen molar-refractivity contribution in [3.8, 4) is 22.6 Å². The first kappa shape index (κ1) is 22.8. The van der Waals surface area contributed by atoms with Crippen molar-refractivity contribution in [1.82, 2.24) is 24.4 Å². The summed E-state index contributed by atoms with van der Waals surface area (Å²) in [5, 5.41) is 3.39. The Morgan fingerprint density at radius 1 is 1.00 bits per heavy atom. The van der Waals surface area contributed by atoms with Crippen LogP contribution in [0.4, 0.5) is 14.7 Å². The minimum Gasteiger partial charge on any atom is -0.351 e. The second-order valence-electron chi connectivity index (χ2n) is 9.81. The van der Waals surface area contributed by atoms with Gasteiger partial charge in [-0.3, -0.25) is 0 Å². The molecule has 0 bridgehead atoms. The molecular weight excluding hydrogens is 458 g/mol. The predicted molar refractivity (Wildman–Crippen MR) is 135 cm³/mol. The van der Waals surface area contributed by atoms with Gasteiger partial charge in [0.2, 0.25) is 5.95 Å². The van der Waals surface area contributed by atoms with Crippen LogP contribution in [0.15, 0.2) is 60.8 Å². The first-order chi connectivity index (χ1) is 17.5. The number of likely N-dealkylation sites (N-methyl/N-ethyl adjacent to an activating group) is 1. The van der Waals surface area contributed by atoms with E-state index in [4.69, 9.17) is 9.97 Å². The van der Waals surface area contributed by atoms with Gasteiger partial charge in [0, 0.05) is 43.4 Å². The highest BCUT2D eigenvalue weighted by Crippen LogP contribution is 2.39. The Balaban J connectivity index is 1.36. The van der Waals surface area contributed by atoms with E-state index < -0.39 is 0 Å². The van der Waals surface area contributed by atoms with Gasteiger partial charge in [-0.05, 0) is 74.3 Å². The molecule has 4 aromatic rings. The van der Waals surface area contributed by atoms with Crippen molar-refractivity contribution in [3.05, 3.63) is 83.8 Å². The van der Waals surface area contributed by atoms with Gasteiger partial charge in [-0.25, -0.2) is 23.7 Å². The van der Waals surface area contributed by atoms with Crippen molar-refractivity contribution >= 4 is 5.95 Å². The van der Waals surface area contributed by atoms with Crippen LogP contribution in [0, 0.1) is 11.6 Å². The normalized spacial score (nSPS) is 16.9. The standard InChI is InChI=1S/C28H28F2N6/c1-35(16-18-3-2-4-21(30)15-18)17-23-11-12-25-34-26(19-5-7-20(29)8-6-19)27(36(23)25)24-13-14-31-28(33-24)32-22-9-10-22/h2-8,13-15,22-23H,9-12,16-17H2,1H3,(H,31,32,33). The Kier molecular flexibility index (Phi) is 5.97. The number of benzene rings is 2. The van der Waals surface area contributed by atoms with Gasteiger partial charge >= 0.3 is 0 Å². The van der Waals surface area contributed by atoms with E-state index in [1.165, 1.54) is 18.2 Å². The molecule has 0 spiro atoms. The summed E-state index contributed by atoms with van der Waals surface area (Å²) >= 11 is 0. The van der Waals surface area contributed by atoms with E-state index in [9.17, 15) is 8.78 Å². The lowest BCUT2D eigenvalue weighted by Crippen LogP contribution is -2.26. The number of aryl methyl sites for hydroxylation is 1. The largest absolute Gasteiger partial charge is 0.351 e. The Bertz CT molecular complexity index is 1380. The summed E-state index contributed by atoms with van der Waals surface area (Å²) < 4.78 is 29.7. The molecular formula is C28H28F2N6. The van der Waals surface area contributed by atoms with E-state index in [0.717, 1.165) is 66.3 Å². The van der Waals surface area contributed by atoms with Gasteiger partial charge in [0.05, 0.1) is 17.1 Å². The highest BCUT2D eigenvalue weighted by atomic mass is 19.1. The van der Waals surface area contributed by atoms with E-state index >= 15 is 0 Å². The van der Waals surface area contributed by atoms with Crippen LogP contribution in [0.1, 0.15) is 36.7 Å². The number of nitrogens with one attached hydrogen (secondary N) is 1. The van der Waals surface area contributed by atoms with E-state index in [2.05, 4.69) is 26.8 Å². The van der Waals surface area contributed by atoms with Crippen LogP contribution in [0.25, 0.3) is 22.6 Å². The third-order valence-electron chi connectivity index (χ3n) is 6.84. The minimum absolute atomic E-state index is 0.185. The average Bonchev–Trinajstić information content (AvgIpc) is 3.47. The lowest BCUT2D eigenvalue weighted by Gasteiger charge is -2.24. The number of hydrogen-bond acceptors (Lipinski definition) is 5. The summed E-state index contributed by atoms with van der Waals surface area (Å²) in [6.45, 7) is 1.44. The van der Waals surface area contributed by atoms with Gasteiger partial charge in [-0.1, -0.05) is 12.1 Å². The third kappa shape index (κ3) is 4.73. The molecule has 1 N–H and O–H groups in total. The molecule has 0 saturated heterocycles. The molecule has 8 heteroatoms. The zero-order valence-corrected chi connectivity index (χ0v) is 20.2. The molecule has 0 amide bonds. The fraction of sp³-hybridized carbons (Fsp3) is 0.321. The first-order valence-corrected chi connectivity index (χ1v) is 12.4.